The predicted octanol–water partition coefficient (Wildman–Crippen LogP) is 4.77. The largest absolute Gasteiger partial charge is 0.444 e. The summed E-state index contributed by atoms with van der Waals surface area (Å²) in [7, 11) is 0. The van der Waals surface area contributed by atoms with E-state index in [0.29, 0.717) is 17.3 Å². The van der Waals surface area contributed by atoms with Gasteiger partial charge < -0.3 is 10.1 Å². The van der Waals surface area contributed by atoms with Crippen LogP contribution in [0.25, 0.3) is 0 Å². The number of halogens is 1. The maximum atomic E-state index is 13.8. The topological polar surface area (TPSA) is 50.4 Å². The fourth-order valence-corrected chi connectivity index (χ4v) is 2.63. The molecule has 0 spiro atoms. The molecule has 1 aliphatic rings. The van der Waals surface area contributed by atoms with Gasteiger partial charge in [0.15, 0.2) is 0 Å². The smallest absolute Gasteiger partial charge is 0.412 e. The second-order valence-corrected chi connectivity index (χ2v) is 6.85. The van der Waals surface area contributed by atoms with Gasteiger partial charge in [0.2, 0.25) is 0 Å². The normalized spacial score (nSPS) is 15.6. The third-order valence-electron chi connectivity index (χ3n) is 3.67. The Labute approximate surface area is 131 Å². The molecule has 0 bridgehead atoms. The molecule has 1 fully saturated rings. The number of anilines is 2. The Balaban J connectivity index is 1.95. The maximum Gasteiger partial charge on any atom is 0.412 e. The molecule has 0 heterocycles. The molecular formula is C17H25FN2O2. The molecule has 1 aromatic carbocycles. The van der Waals surface area contributed by atoms with Crippen LogP contribution in [0, 0.1) is 11.7 Å². The number of nitrogens with one attached hydrogen (secondary N) is 2. The van der Waals surface area contributed by atoms with Gasteiger partial charge in [0.25, 0.3) is 0 Å². The number of rotatable bonds is 4. The Bertz CT molecular complexity index is 520. The average Bonchev–Trinajstić information content (AvgIpc) is 2.90. The lowest BCUT2D eigenvalue weighted by molar-refractivity contribution is 0.0636. The van der Waals surface area contributed by atoms with E-state index in [4.69, 9.17) is 4.74 Å². The van der Waals surface area contributed by atoms with Crippen LogP contribution in [0.3, 0.4) is 0 Å². The fourth-order valence-electron chi connectivity index (χ4n) is 2.63. The van der Waals surface area contributed by atoms with Gasteiger partial charge in [0, 0.05) is 12.2 Å². The van der Waals surface area contributed by atoms with Gasteiger partial charge in [-0.1, -0.05) is 12.8 Å². The van der Waals surface area contributed by atoms with Gasteiger partial charge in [-0.25, -0.2) is 9.18 Å². The Morgan fingerprint density at radius 1 is 1.32 bits per heavy atom. The first kappa shape index (κ1) is 16.6. The summed E-state index contributed by atoms with van der Waals surface area (Å²) >= 11 is 0. The summed E-state index contributed by atoms with van der Waals surface area (Å²) in [5.74, 6) is 0.301. The molecule has 1 aliphatic carbocycles. The van der Waals surface area contributed by atoms with Crippen molar-refractivity contribution in [3.63, 3.8) is 0 Å². The number of carbonyl (C=O) groups excluding carboxylic acids is 1. The van der Waals surface area contributed by atoms with Crippen molar-refractivity contribution in [3.05, 3.63) is 24.0 Å². The zero-order valence-corrected chi connectivity index (χ0v) is 13.5. The number of hydrogen-bond donors (Lipinski definition) is 2. The van der Waals surface area contributed by atoms with Gasteiger partial charge in [-0.3, -0.25) is 5.32 Å². The molecule has 22 heavy (non-hydrogen) atoms. The Hall–Kier alpha value is -1.78. The number of carbonyl (C=O) groups is 1. The molecule has 0 unspecified atom stereocenters. The molecule has 2 rings (SSSR count). The summed E-state index contributed by atoms with van der Waals surface area (Å²) in [6.07, 6.45) is 4.37. The van der Waals surface area contributed by atoms with Gasteiger partial charge in [-0.05, 0) is 57.7 Å². The predicted molar refractivity (Wildman–Crippen MR) is 86.7 cm³/mol. The number of hydrogen-bond acceptors (Lipinski definition) is 3. The summed E-state index contributed by atoms with van der Waals surface area (Å²) in [5.41, 5.74) is 0.373. The van der Waals surface area contributed by atoms with Crippen LogP contribution in [-0.4, -0.2) is 18.2 Å². The van der Waals surface area contributed by atoms with Crippen molar-refractivity contribution < 1.29 is 13.9 Å². The SMILES string of the molecule is CC(C)(C)OC(=O)Nc1ccc(F)c(NCC2CCCC2)c1. The second kappa shape index (κ2) is 6.99. The average molecular weight is 308 g/mol. The summed E-state index contributed by atoms with van der Waals surface area (Å²) in [6, 6.07) is 4.48. The molecule has 0 aromatic heterocycles. The summed E-state index contributed by atoms with van der Waals surface area (Å²) in [6.45, 7) is 6.16. The lowest BCUT2D eigenvalue weighted by Gasteiger charge is -2.20. The molecule has 2 N–H and O–H groups in total. The van der Waals surface area contributed by atoms with E-state index in [-0.39, 0.29) is 5.82 Å². The van der Waals surface area contributed by atoms with Gasteiger partial charge >= 0.3 is 6.09 Å². The van der Waals surface area contributed by atoms with Crippen LogP contribution in [0.2, 0.25) is 0 Å². The molecule has 4 nitrogen and oxygen atoms in total. The first-order chi connectivity index (χ1) is 10.3. The van der Waals surface area contributed by atoms with Crippen molar-refractivity contribution in [3.8, 4) is 0 Å². The third kappa shape index (κ3) is 5.20. The summed E-state index contributed by atoms with van der Waals surface area (Å²) in [4.78, 5) is 11.7. The van der Waals surface area contributed by atoms with Crippen molar-refractivity contribution in [2.75, 3.05) is 17.2 Å². The zero-order valence-electron chi connectivity index (χ0n) is 13.5. The summed E-state index contributed by atoms with van der Waals surface area (Å²) in [5, 5.41) is 5.78. The van der Waals surface area contributed by atoms with E-state index in [1.807, 2.05) is 0 Å². The number of benzene rings is 1. The molecule has 1 aromatic rings. The van der Waals surface area contributed by atoms with Crippen molar-refractivity contribution >= 4 is 17.5 Å². The minimum atomic E-state index is -0.562. The van der Waals surface area contributed by atoms with Crippen LogP contribution in [0.5, 0.6) is 0 Å². The first-order valence-electron chi connectivity index (χ1n) is 7.87. The molecular weight excluding hydrogens is 283 g/mol. The van der Waals surface area contributed by atoms with Crippen LogP contribution in [0.1, 0.15) is 46.5 Å². The Morgan fingerprint density at radius 2 is 2.00 bits per heavy atom. The highest BCUT2D eigenvalue weighted by Gasteiger charge is 2.17. The standard InChI is InChI=1S/C17H25FN2O2/c1-17(2,3)22-16(21)20-13-8-9-14(18)15(10-13)19-11-12-6-4-5-7-12/h8-10,12,19H,4-7,11H2,1-3H3,(H,20,21). The molecule has 0 radical (unpaired) electrons. The highest BCUT2D eigenvalue weighted by Crippen LogP contribution is 2.26. The monoisotopic (exact) mass is 308 g/mol. The third-order valence-corrected chi connectivity index (χ3v) is 3.67. The number of ether oxygens (including phenoxy) is 1. The molecule has 5 heteroatoms. The lowest BCUT2D eigenvalue weighted by atomic mass is 10.1. The highest BCUT2D eigenvalue weighted by atomic mass is 19.1. The van der Waals surface area contributed by atoms with Gasteiger partial charge in [0.05, 0.1) is 5.69 Å². The van der Waals surface area contributed by atoms with Crippen LogP contribution >= 0.6 is 0 Å². The molecule has 1 saturated carbocycles. The molecule has 0 aliphatic heterocycles. The van der Waals surface area contributed by atoms with Crippen molar-refractivity contribution in [2.45, 2.75) is 52.1 Å². The van der Waals surface area contributed by atoms with E-state index in [9.17, 15) is 9.18 Å². The first-order valence-corrected chi connectivity index (χ1v) is 7.87. The Kier molecular flexibility index (Phi) is 5.27. The Morgan fingerprint density at radius 3 is 2.64 bits per heavy atom. The van der Waals surface area contributed by atoms with E-state index < -0.39 is 11.7 Å². The van der Waals surface area contributed by atoms with Crippen molar-refractivity contribution in [2.24, 2.45) is 5.92 Å². The van der Waals surface area contributed by atoms with Gasteiger partial charge in [-0.2, -0.15) is 0 Å². The maximum absolute atomic E-state index is 13.8. The zero-order chi connectivity index (χ0) is 16.2. The van der Waals surface area contributed by atoms with Crippen LogP contribution in [0.4, 0.5) is 20.6 Å². The van der Waals surface area contributed by atoms with Crippen LogP contribution < -0.4 is 10.6 Å². The molecule has 122 valence electrons. The van der Waals surface area contributed by atoms with Gasteiger partial charge in [0.1, 0.15) is 11.4 Å². The minimum Gasteiger partial charge on any atom is -0.444 e. The number of amides is 1. The highest BCUT2D eigenvalue weighted by molar-refractivity contribution is 5.85. The lowest BCUT2D eigenvalue weighted by Crippen LogP contribution is -2.27. The molecule has 0 saturated heterocycles. The van der Waals surface area contributed by atoms with Crippen LogP contribution in [0.15, 0.2) is 18.2 Å². The molecule has 0 atom stereocenters. The summed E-state index contributed by atoms with van der Waals surface area (Å²) < 4.78 is 19.0. The van der Waals surface area contributed by atoms with E-state index in [1.54, 1.807) is 26.8 Å². The van der Waals surface area contributed by atoms with E-state index in [2.05, 4.69) is 10.6 Å². The fraction of sp³-hybridized carbons (Fsp3) is 0.588. The van der Waals surface area contributed by atoms with E-state index >= 15 is 0 Å². The minimum absolute atomic E-state index is 0.312. The molecule has 1 amide bonds. The van der Waals surface area contributed by atoms with Crippen molar-refractivity contribution in [1.29, 1.82) is 0 Å². The second-order valence-electron chi connectivity index (χ2n) is 6.85. The van der Waals surface area contributed by atoms with Crippen LogP contribution in [-0.2, 0) is 4.74 Å². The van der Waals surface area contributed by atoms with E-state index in [1.165, 1.54) is 37.8 Å². The van der Waals surface area contributed by atoms with Gasteiger partial charge in [-0.15, -0.1) is 0 Å². The van der Waals surface area contributed by atoms with E-state index in [0.717, 1.165) is 6.54 Å². The van der Waals surface area contributed by atoms with Crippen molar-refractivity contribution in [1.82, 2.24) is 0 Å². The quantitative estimate of drug-likeness (QED) is 0.842.